The van der Waals surface area contributed by atoms with E-state index in [9.17, 15) is 17.6 Å². The molecular weight excluding hydrogens is 379 g/mol. The molecule has 1 aliphatic rings. The maximum atomic E-state index is 13.0. The average molecular weight is 396 g/mol. The van der Waals surface area contributed by atoms with E-state index in [-0.39, 0.29) is 16.5 Å². The van der Waals surface area contributed by atoms with Crippen LogP contribution in [-0.2, 0) is 16.4 Å². The van der Waals surface area contributed by atoms with Crippen LogP contribution in [0.4, 0.5) is 15.8 Å². The third-order valence-electron chi connectivity index (χ3n) is 4.62. The number of fused-ring (bicyclic) bond motifs is 1. The van der Waals surface area contributed by atoms with Crippen molar-refractivity contribution in [2.75, 3.05) is 16.2 Å². The molecule has 0 atom stereocenters. The molecule has 0 saturated carbocycles. The fourth-order valence-corrected chi connectivity index (χ4v) is 4.33. The normalized spacial score (nSPS) is 13.2. The maximum absolute atomic E-state index is 13.0. The quantitative estimate of drug-likeness (QED) is 0.729. The molecule has 4 rings (SSSR count). The van der Waals surface area contributed by atoms with Gasteiger partial charge in [-0.3, -0.25) is 9.52 Å². The molecule has 1 N–H and O–H groups in total. The zero-order valence-electron chi connectivity index (χ0n) is 14.8. The summed E-state index contributed by atoms with van der Waals surface area (Å²) in [6.07, 6.45) is 0.577. The Morgan fingerprint density at radius 1 is 0.964 bits per heavy atom. The number of amides is 1. The van der Waals surface area contributed by atoms with Crippen molar-refractivity contribution in [3.8, 4) is 0 Å². The average Bonchev–Trinajstić information content (AvgIpc) is 3.13. The van der Waals surface area contributed by atoms with Gasteiger partial charge in [-0.25, -0.2) is 12.8 Å². The van der Waals surface area contributed by atoms with Gasteiger partial charge in [-0.05, 0) is 66.6 Å². The van der Waals surface area contributed by atoms with Crippen LogP contribution in [0.15, 0.2) is 77.7 Å². The number of carbonyl (C=O) groups is 1. The third-order valence-corrected chi connectivity index (χ3v) is 6.00. The molecule has 0 radical (unpaired) electrons. The molecule has 3 aromatic rings. The van der Waals surface area contributed by atoms with Crippen molar-refractivity contribution in [2.24, 2.45) is 0 Å². The minimum Gasteiger partial charge on any atom is -0.308 e. The predicted molar refractivity (Wildman–Crippen MR) is 105 cm³/mol. The lowest BCUT2D eigenvalue weighted by Gasteiger charge is -2.17. The molecule has 0 unspecified atom stereocenters. The Hall–Kier alpha value is -3.19. The lowest BCUT2D eigenvalue weighted by atomic mass is 10.1. The van der Waals surface area contributed by atoms with Gasteiger partial charge in [0.1, 0.15) is 5.82 Å². The Balaban J connectivity index is 1.59. The molecule has 0 bridgehead atoms. The molecular formula is C21H17FN2O3S. The highest BCUT2D eigenvalue weighted by molar-refractivity contribution is 7.92. The lowest BCUT2D eigenvalue weighted by molar-refractivity contribution is 0.0989. The van der Waals surface area contributed by atoms with E-state index in [1.807, 2.05) is 6.07 Å². The van der Waals surface area contributed by atoms with Crippen molar-refractivity contribution in [2.45, 2.75) is 11.3 Å². The van der Waals surface area contributed by atoms with Crippen molar-refractivity contribution in [3.05, 3.63) is 89.7 Å². The Bertz CT molecular complexity index is 1130. The SMILES string of the molecule is O=C(c1ccccc1)N1CCc2cc(S(=O)(=O)Nc3ccc(F)cc3)ccc21. The van der Waals surface area contributed by atoms with Crippen molar-refractivity contribution < 1.29 is 17.6 Å². The first kappa shape index (κ1) is 18.2. The van der Waals surface area contributed by atoms with E-state index in [0.29, 0.717) is 18.5 Å². The van der Waals surface area contributed by atoms with Gasteiger partial charge in [0, 0.05) is 23.5 Å². The maximum Gasteiger partial charge on any atom is 0.261 e. The highest BCUT2D eigenvalue weighted by Gasteiger charge is 2.27. The lowest BCUT2D eigenvalue weighted by Crippen LogP contribution is -2.28. The first-order chi connectivity index (χ1) is 13.4. The van der Waals surface area contributed by atoms with E-state index in [1.165, 1.54) is 30.3 Å². The van der Waals surface area contributed by atoms with Gasteiger partial charge in [-0.2, -0.15) is 0 Å². The highest BCUT2D eigenvalue weighted by Crippen LogP contribution is 2.32. The van der Waals surface area contributed by atoms with Crippen molar-refractivity contribution in [1.29, 1.82) is 0 Å². The molecule has 0 spiro atoms. The van der Waals surface area contributed by atoms with Crippen LogP contribution >= 0.6 is 0 Å². The minimum atomic E-state index is -3.81. The third kappa shape index (κ3) is 3.48. The van der Waals surface area contributed by atoms with E-state index < -0.39 is 15.8 Å². The topological polar surface area (TPSA) is 66.5 Å². The number of benzene rings is 3. The van der Waals surface area contributed by atoms with Crippen LogP contribution in [0.3, 0.4) is 0 Å². The van der Waals surface area contributed by atoms with Crippen LogP contribution in [0.1, 0.15) is 15.9 Å². The van der Waals surface area contributed by atoms with E-state index in [0.717, 1.165) is 11.3 Å². The van der Waals surface area contributed by atoms with Crippen LogP contribution in [0.5, 0.6) is 0 Å². The number of nitrogens with one attached hydrogen (secondary N) is 1. The number of hydrogen-bond donors (Lipinski definition) is 1. The summed E-state index contributed by atoms with van der Waals surface area (Å²) >= 11 is 0. The Morgan fingerprint density at radius 3 is 2.39 bits per heavy atom. The number of rotatable bonds is 4. The van der Waals surface area contributed by atoms with Gasteiger partial charge in [0.05, 0.1) is 4.90 Å². The number of carbonyl (C=O) groups excluding carboxylic acids is 1. The summed E-state index contributed by atoms with van der Waals surface area (Å²) in [7, 11) is -3.81. The minimum absolute atomic E-state index is 0.101. The molecule has 1 amide bonds. The van der Waals surface area contributed by atoms with Gasteiger partial charge >= 0.3 is 0 Å². The number of hydrogen-bond acceptors (Lipinski definition) is 3. The number of anilines is 2. The van der Waals surface area contributed by atoms with Crippen LogP contribution in [0.25, 0.3) is 0 Å². The van der Waals surface area contributed by atoms with E-state index in [2.05, 4.69) is 4.72 Å². The van der Waals surface area contributed by atoms with Crippen LogP contribution in [0.2, 0.25) is 0 Å². The van der Waals surface area contributed by atoms with Gasteiger partial charge in [-0.1, -0.05) is 18.2 Å². The summed E-state index contributed by atoms with van der Waals surface area (Å²) in [5.74, 6) is -0.553. The van der Waals surface area contributed by atoms with E-state index >= 15 is 0 Å². The highest BCUT2D eigenvalue weighted by atomic mass is 32.2. The first-order valence-electron chi connectivity index (χ1n) is 8.72. The van der Waals surface area contributed by atoms with Gasteiger partial charge in [0.25, 0.3) is 15.9 Å². The van der Waals surface area contributed by atoms with Gasteiger partial charge in [-0.15, -0.1) is 0 Å². The molecule has 0 aromatic heterocycles. The van der Waals surface area contributed by atoms with Gasteiger partial charge in [0.2, 0.25) is 0 Å². The second-order valence-electron chi connectivity index (χ2n) is 6.48. The number of nitrogens with zero attached hydrogens (tertiary/aromatic N) is 1. The molecule has 0 saturated heterocycles. The zero-order valence-corrected chi connectivity index (χ0v) is 15.6. The fourth-order valence-electron chi connectivity index (χ4n) is 3.22. The summed E-state index contributed by atoms with van der Waals surface area (Å²) in [4.78, 5) is 14.5. The van der Waals surface area contributed by atoms with E-state index in [1.54, 1.807) is 41.3 Å². The van der Waals surface area contributed by atoms with Crippen LogP contribution in [-0.4, -0.2) is 20.9 Å². The second-order valence-corrected chi connectivity index (χ2v) is 8.16. The van der Waals surface area contributed by atoms with Crippen LogP contribution < -0.4 is 9.62 Å². The zero-order chi connectivity index (χ0) is 19.7. The molecule has 0 fully saturated rings. The number of halogens is 1. The Kier molecular flexibility index (Phi) is 4.60. The molecule has 1 aliphatic heterocycles. The second kappa shape index (κ2) is 7.09. The predicted octanol–water partition coefficient (Wildman–Crippen LogP) is 3.83. The molecule has 28 heavy (non-hydrogen) atoms. The fraction of sp³-hybridized carbons (Fsp3) is 0.0952. The Morgan fingerprint density at radius 2 is 1.68 bits per heavy atom. The first-order valence-corrected chi connectivity index (χ1v) is 10.2. The summed E-state index contributed by atoms with van der Waals surface area (Å²) in [5, 5.41) is 0. The molecule has 3 aromatic carbocycles. The standard InChI is InChI=1S/C21H17FN2O3S/c22-17-6-8-18(9-7-17)23-28(26,27)19-10-11-20-16(14-19)12-13-24(20)21(25)15-4-2-1-3-5-15/h1-11,14,23H,12-13H2. The summed E-state index contributed by atoms with van der Waals surface area (Å²) in [6.45, 7) is 0.498. The van der Waals surface area contributed by atoms with Gasteiger partial charge < -0.3 is 4.90 Å². The smallest absolute Gasteiger partial charge is 0.261 e. The molecule has 1 heterocycles. The van der Waals surface area contributed by atoms with E-state index in [4.69, 9.17) is 0 Å². The Labute approximate surface area is 162 Å². The van der Waals surface area contributed by atoms with Crippen molar-refractivity contribution in [3.63, 3.8) is 0 Å². The monoisotopic (exact) mass is 396 g/mol. The number of sulfonamides is 1. The summed E-state index contributed by atoms with van der Waals surface area (Å²) in [6, 6.07) is 18.8. The van der Waals surface area contributed by atoms with Crippen LogP contribution in [0, 0.1) is 5.82 Å². The summed E-state index contributed by atoms with van der Waals surface area (Å²) in [5.41, 5.74) is 2.38. The molecule has 7 heteroatoms. The molecule has 142 valence electrons. The summed E-state index contributed by atoms with van der Waals surface area (Å²) < 4.78 is 40.7. The molecule has 0 aliphatic carbocycles. The van der Waals surface area contributed by atoms with Crippen molar-refractivity contribution >= 4 is 27.3 Å². The largest absolute Gasteiger partial charge is 0.308 e. The molecule has 5 nitrogen and oxygen atoms in total. The van der Waals surface area contributed by atoms with Gasteiger partial charge in [0.15, 0.2) is 0 Å². The van der Waals surface area contributed by atoms with Crippen molar-refractivity contribution in [1.82, 2.24) is 0 Å².